The Hall–Kier alpha value is -1.76. The number of carbonyl (C=O) groups excluding carboxylic acids is 1. The molecule has 0 spiro atoms. The normalized spacial score (nSPS) is 10.6. The summed E-state index contributed by atoms with van der Waals surface area (Å²) >= 11 is 1.31. The van der Waals surface area contributed by atoms with Crippen molar-refractivity contribution < 1.29 is 18.6 Å². The van der Waals surface area contributed by atoms with Crippen LogP contribution in [-0.2, 0) is 16.1 Å². The molecule has 2 aromatic rings. The molecule has 0 atom stereocenters. The number of hydrogen-bond donors (Lipinski definition) is 0. The summed E-state index contributed by atoms with van der Waals surface area (Å²) in [7, 11) is 1.38. The van der Waals surface area contributed by atoms with E-state index < -0.39 is 0 Å². The van der Waals surface area contributed by atoms with Gasteiger partial charge in [0.1, 0.15) is 12.2 Å². The highest BCUT2D eigenvalue weighted by Crippen LogP contribution is 2.23. The van der Waals surface area contributed by atoms with Crippen LogP contribution in [-0.4, -0.2) is 22.6 Å². The Morgan fingerprint density at radius 3 is 2.94 bits per heavy atom. The third-order valence-electron chi connectivity index (χ3n) is 2.52. The number of ether oxygens (including phenoxy) is 1. The summed E-state index contributed by atoms with van der Waals surface area (Å²) in [6.07, 6.45) is 1.98. The Labute approximate surface area is 108 Å². The molecule has 0 fully saturated rings. The highest BCUT2D eigenvalue weighted by molar-refractivity contribution is 7.09. The number of aryl methyl sites for hydroxylation is 2. The highest BCUT2D eigenvalue weighted by atomic mass is 32.1. The number of nitrogens with zero attached hydrogens (tertiary/aromatic N) is 3. The number of aromatic nitrogens is 3. The maximum absolute atomic E-state index is 11.1. The standard InChI is InChI=1S/C11H14N3O3S/c1-7-6-12-11(17-7)10-8(2)14(13-18-10)5-4-9(15)16-3/h6H,4-5H2,1-3H3/q+1. The van der Waals surface area contributed by atoms with Gasteiger partial charge in [0, 0.05) is 18.5 Å². The fraction of sp³-hybridized carbons (Fsp3) is 0.455. The van der Waals surface area contributed by atoms with Crippen LogP contribution in [0.3, 0.4) is 0 Å². The molecular formula is C11H14N3O3S+. The SMILES string of the molecule is COC(=O)CC[n+]1nsc(-c2ncc(C)o2)c1C. The lowest BCUT2D eigenvalue weighted by atomic mass is 10.3. The minimum Gasteiger partial charge on any atom is -0.469 e. The largest absolute Gasteiger partial charge is 0.469 e. The first-order valence-electron chi connectivity index (χ1n) is 5.48. The van der Waals surface area contributed by atoms with Crippen LogP contribution in [0.15, 0.2) is 10.6 Å². The molecule has 0 aliphatic carbocycles. The van der Waals surface area contributed by atoms with Gasteiger partial charge in [0.25, 0.3) is 0 Å². The molecular weight excluding hydrogens is 254 g/mol. The van der Waals surface area contributed by atoms with E-state index in [1.54, 1.807) is 10.9 Å². The van der Waals surface area contributed by atoms with Crippen molar-refractivity contribution in [3.05, 3.63) is 17.7 Å². The molecule has 18 heavy (non-hydrogen) atoms. The van der Waals surface area contributed by atoms with Crippen molar-refractivity contribution in [3.8, 4) is 10.8 Å². The summed E-state index contributed by atoms with van der Waals surface area (Å²) in [5, 5.41) is 0. The first kappa shape index (κ1) is 12.7. The molecule has 0 saturated heterocycles. The maximum atomic E-state index is 11.1. The number of oxazole rings is 1. The summed E-state index contributed by atoms with van der Waals surface area (Å²) in [6.45, 7) is 4.27. The Bertz CT molecular complexity index is 562. The number of hydrogen-bond acceptors (Lipinski definition) is 6. The Balaban J connectivity index is 2.16. The van der Waals surface area contributed by atoms with Crippen LogP contribution in [0.1, 0.15) is 17.9 Å². The summed E-state index contributed by atoms with van der Waals surface area (Å²) in [4.78, 5) is 16.1. The predicted molar refractivity (Wildman–Crippen MR) is 63.9 cm³/mol. The molecule has 0 bridgehead atoms. The van der Waals surface area contributed by atoms with E-state index in [-0.39, 0.29) is 5.97 Å². The fourth-order valence-electron chi connectivity index (χ4n) is 1.50. The minimum absolute atomic E-state index is 0.247. The van der Waals surface area contributed by atoms with Gasteiger partial charge in [-0.1, -0.05) is 4.68 Å². The second-order valence-electron chi connectivity index (χ2n) is 3.81. The zero-order valence-corrected chi connectivity index (χ0v) is 11.3. The molecule has 0 aliphatic heterocycles. The third-order valence-corrected chi connectivity index (χ3v) is 3.45. The number of rotatable bonds is 4. The summed E-state index contributed by atoms with van der Waals surface area (Å²) in [5.74, 6) is 1.08. The lowest BCUT2D eigenvalue weighted by Gasteiger charge is -1.93. The van der Waals surface area contributed by atoms with Gasteiger partial charge in [-0.05, 0) is 6.92 Å². The second kappa shape index (κ2) is 5.26. The van der Waals surface area contributed by atoms with Crippen LogP contribution in [0, 0.1) is 13.8 Å². The summed E-state index contributed by atoms with van der Waals surface area (Å²) < 4.78 is 16.1. The molecule has 2 aromatic heterocycles. The van der Waals surface area contributed by atoms with Crippen LogP contribution in [0.25, 0.3) is 10.8 Å². The van der Waals surface area contributed by atoms with Gasteiger partial charge < -0.3 is 9.15 Å². The smallest absolute Gasteiger partial charge is 0.312 e. The van der Waals surface area contributed by atoms with E-state index in [4.69, 9.17) is 4.42 Å². The highest BCUT2D eigenvalue weighted by Gasteiger charge is 2.23. The maximum Gasteiger partial charge on any atom is 0.312 e. The molecule has 2 heterocycles. The molecule has 0 unspecified atom stereocenters. The number of esters is 1. The predicted octanol–water partition coefficient (Wildman–Crippen LogP) is 1.27. The van der Waals surface area contributed by atoms with Crippen molar-refractivity contribution in [1.29, 1.82) is 0 Å². The first-order chi connectivity index (χ1) is 8.61. The molecule has 0 N–H and O–H groups in total. The van der Waals surface area contributed by atoms with Gasteiger partial charge in [-0.15, -0.1) is 0 Å². The molecule has 0 aliphatic rings. The second-order valence-corrected chi connectivity index (χ2v) is 4.57. The molecule has 0 amide bonds. The van der Waals surface area contributed by atoms with Crippen LogP contribution in [0.4, 0.5) is 0 Å². The van der Waals surface area contributed by atoms with E-state index in [9.17, 15) is 4.79 Å². The van der Waals surface area contributed by atoms with Gasteiger partial charge in [-0.3, -0.25) is 4.79 Å². The molecule has 7 heteroatoms. The molecule has 0 radical (unpaired) electrons. The molecule has 96 valence electrons. The van der Waals surface area contributed by atoms with Gasteiger partial charge in [-0.25, -0.2) is 4.98 Å². The first-order valence-corrected chi connectivity index (χ1v) is 6.25. The van der Waals surface area contributed by atoms with Gasteiger partial charge in [0.05, 0.1) is 17.8 Å². The number of methoxy groups -OCH3 is 1. The summed E-state index contributed by atoms with van der Waals surface area (Å²) in [6, 6.07) is 0. The molecule has 0 aromatic carbocycles. The van der Waals surface area contributed by atoms with Crippen molar-refractivity contribution in [3.63, 3.8) is 0 Å². The van der Waals surface area contributed by atoms with Gasteiger partial charge >= 0.3 is 5.97 Å². The van der Waals surface area contributed by atoms with E-state index in [2.05, 4.69) is 14.2 Å². The Kier molecular flexibility index (Phi) is 3.71. The van der Waals surface area contributed by atoms with Crippen molar-refractivity contribution in [2.45, 2.75) is 26.8 Å². The molecule has 0 saturated carbocycles. The lowest BCUT2D eigenvalue weighted by molar-refractivity contribution is -0.750. The summed E-state index contributed by atoms with van der Waals surface area (Å²) in [5.41, 5.74) is 0.936. The van der Waals surface area contributed by atoms with Crippen LogP contribution < -0.4 is 4.68 Å². The van der Waals surface area contributed by atoms with E-state index in [0.717, 1.165) is 16.3 Å². The van der Waals surface area contributed by atoms with Gasteiger partial charge in [0.2, 0.25) is 11.6 Å². The van der Waals surface area contributed by atoms with Crippen molar-refractivity contribution in [2.24, 2.45) is 0 Å². The van der Waals surface area contributed by atoms with Gasteiger partial charge in [0.15, 0.2) is 11.4 Å². The lowest BCUT2D eigenvalue weighted by Crippen LogP contribution is -2.39. The fourth-order valence-corrected chi connectivity index (χ4v) is 2.29. The van der Waals surface area contributed by atoms with E-state index in [1.807, 2.05) is 13.8 Å². The average molecular weight is 268 g/mol. The van der Waals surface area contributed by atoms with Crippen molar-refractivity contribution in [1.82, 2.24) is 9.47 Å². The third kappa shape index (κ3) is 2.56. The van der Waals surface area contributed by atoms with Crippen LogP contribution in [0.2, 0.25) is 0 Å². The van der Waals surface area contributed by atoms with Crippen molar-refractivity contribution in [2.75, 3.05) is 7.11 Å². The quantitative estimate of drug-likeness (QED) is 0.617. The van der Waals surface area contributed by atoms with Crippen molar-refractivity contribution >= 4 is 17.5 Å². The van der Waals surface area contributed by atoms with Gasteiger partial charge in [-0.2, -0.15) is 0 Å². The topological polar surface area (TPSA) is 69.1 Å². The zero-order chi connectivity index (χ0) is 13.1. The molecule has 2 rings (SSSR count). The van der Waals surface area contributed by atoms with E-state index in [1.165, 1.54) is 18.6 Å². The minimum atomic E-state index is -0.247. The van der Waals surface area contributed by atoms with E-state index >= 15 is 0 Å². The van der Waals surface area contributed by atoms with Crippen LogP contribution in [0.5, 0.6) is 0 Å². The monoisotopic (exact) mass is 268 g/mol. The Morgan fingerprint density at radius 1 is 1.56 bits per heavy atom. The molecule has 6 nitrogen and oxygen atoms in total. The van der Waals surface area contributed by atoms with E-state index in [0.29, 0.717) is 18.9 Å². The zero-order valence-electron chi connectivity index (χ0n) is 10.5. The Morgan fingerprint density at radius 2 is 2.33 bits per heavy atom. The average Bonchev–Trinajstić information content (AvgIpc) is 2.93. The number of carbonyl (C=O) groups is 1. The van der Waals surface area contributed by atoms with Crippen LogP contribution >= 0.6 is 11.5 Å².